The standard InChI is InChI=1S/C7H16N2.C2H6/c1-9(2)7-3-5-8-6-4-7;1-2/h7-8H,3-6H2,1-2H3;1-2H3/p+1. The Bertz CT molecular complexity index is 75.6. The molecule has 0 atom stereocenters. The van der Waals surface area contributed by atoms with Crippen molar-refractivity contribution in [3.05, 3.63) is 0 Å². The maximum absolute atomic E-state index is 2.40. The van der Waals surface area contributed by atoms with E-state index in [0.29, 0.717) is 0 Å². The van der Waals surface area contributed by atoms with Crippen LogP contribution in [0.3, 0.4) is 0 Å². The molecule has 2 heteroatoms. The minimum atomic E-state index is 0.856. The van der Waals surface area contributed by atoms with Crippen LogP contribution in [-0.2, 0) is 0 Å². The molecule has 11 heavy (non-hydrogen) atoms. The highest BCUT2D eigenvalue weighted by Gasteiger charge is 2.16. The Labute approximate surface area is 71.0 Å². The van der Waals surface area contributed by atoms with Crippen LogP contribution in [0.5, 0.6) is 0 Å². The number of quaternary nitrogens is 1. The van der Waals surface area contributed by atoms with Crippen molar-refractivity contribution in [3.8, 4) is 0 Å². The lowest BCUT2D eigenvalue weighted by atomic mass is 10.1. The van der Waals surface area contributed by atoms with Crippen LogP contribution >= 0.6 is 0 Å². The van der Waals surface area contributed by atoms with Crippen molar-refractivity contribution in [3.63, 3.8) is 0 Å². The minimum Gasteiger partial charge on any atom is -0.346 e. The molecule has 0 amide bonds. The third-order valence-corrected chi connectivity index (χ3v) is 2.14. The van der Waals surface area contributed by atoms with E-state index in [4.69, 9.17) is 0 Å². The molecule has 0 unspecified atom stereocenters. The lowest BCUT2D eigenvalue weighted by Crippen LogP contribution is -2.87. The summed E-state index contributed by atoms with van der Waals surface area (Å²) in [5.41, 5.74) is 0. The van der Waals surface area contributed by atoms with Gasteiger partial charge in [-0.05, 0) is 14.1 Å². The smallest absolute Gasteiger partial charge is 0.0770 e. The van der Waals surface area contributed by atoms with Crippen molar-refractivity contribution in [1.82, 2.24) is 4.90 Å². The zero-order valence-corrected chi connectivity index (χ0v) is 8.43. The molecule has 0 radical (unpaired) electrons. The molecule has 68 valence electrons. The largest absolute Gasteiger partial charge is 0.346 e. The summed E-state index contributed by atoms with van der Waals surface area (Å²) < 4.78 is 0. The van der Waals surface area contributed by atoms with Crippen molar-refractivity contribution in [2.45, 2.75) is 32.7 Å². The number of rotatable bonds is 1. The van der Waals surface area contributed by atoms with Gasteiger partial charge in [0.1, 0.15) is 0 Å². The predicted molar refractivity (Wildman–Crippen MR) is 49.7 cm³/mol. The topological polar surface area (TPSA) is 19.9 Å². The second-order valence-electron chi connectivity index (χ2n) is 3.06. The van der Waals surface area contributed by atoms with Gasteiger partial charge in [0.2, 0.25) is 0 Å². The number of piperidine rings is 1. The van der Waals surface area contributed by atoms with E-state index in [-0.39, 0.29) is 0 Å². The van der Waals surface area contributed by atoms with Crippen LogP contribution in [0, 0.1) is 0 Å². The highest BCUT2D eigenvalue weighted by Crippen LogP contribution is 2.03. The third kappa shape index (κ3) is 4.38. The molecule has 0 aromatic heterocycles. The number of hydrogen-bond donors (Lipinski definition) is 1. The van der Waals surface area contributed by atoms with Gasteiger partial charge in [0, 0.05) is 18.9 Å². The SMILES string of the molecule is CC.CN(C)C1CC[NH2+]CC1. The summed E-state index contributed by atoms with van der Waals surface area (Å²) in [5, 5.41) is 2.40. The molecule has 0 saturated carbocycles. The lowest BCUT2D eigenvalue weighted by molar-refractivity contribution is -0.663. The van der Waals surface area contributed by atoms with E-state index in [9.17, 15) is 0 Å². The Kier molecular flexibility index (Phi) is 6.57. The first kappa shape index (κ1) is 10.9. The Balaban J connectivity index is 0.000000461. The van der Waals surface area contributed by atoms with Gasteiger partial charge in [-0.25, -0.2) is 0 Å². The normalized spacial score (nSPS) is 19.4. The molecule has 1 aliphatic heterocycles. The van der Waals surface area contributed by atoms with Crippen LogP contribution < -0.4 is 5.32 Å². The maximum Gasteiger partial charge on any atom is 0.0770 e. The number of hydrogen-bond acceptors (Lipinski definition) is 1. The van der Waals surface area contributed by atoms with Gasteiger partial charge in [0.25, 0.3) is 0 Å². The zero-order chi connectivity index (χ0) is 8.69. The monoisotopic (exact) mass is 159 g/mol. The summed E-state index contributed by atoms with van der Waals surface area (Å²) in [6, 6.07) is 0.856. The van der Waals surface area contributed by atoms with E-state index in [1.54, 1.807) is 0 Å². The summed E-state index contributed by atoms with van der Waals surface area (Å²) in [5.74, 6) is 0. The van der Waals surface area contributed by atoms with E-state index in [0.717, 1.165) is 6.04 Å². The van der Waals surface area contributed by atoms with Crippen LogP contribution in [-0.4, -0.2) is 38.1 Å². The molecule has 0 aliphatic carbocycles. The molecule has 0 aromatic carbocycles. The van der Waals surface area contributed by atoms with Crippen molar-refractivity contribution >= 4 is 0 Å². The van der Waals surface area contributed by atoms with Crippen molar-refractivity contribution < 1.29 is 5.32 Å². The Hall–Kier alpha value is -0.0800. The summed E-state index contributed by atoms with van der Waals surface area (Å²) in [6.07, 6.45) is 2.74. The summed E-state index contributed by atoms with van der Waals surface area (Å²) >= 11 is 0. The number of nitrogens with zero attached hydrogens (tertiary/aromatic N) is 1. The second kappa shape index (κ2) is 6.62. The molecular weight excluding hydrogens is 136 g/mol. The lowest BCUT2D eigenvalue weighted by Gasteiger charge is -2.26. The van der Waals surface area contributed by atoms with Crippen LogP contribution in [0.15, 0.2) is 0 Å². The van der Waals surface area contributed by atoms with Crippen LogP contribution in [0.1, 0.15) is 26.7 Å². The second-order valence-corrected chi connectivity index (χ2v) is 3.06. The Morgan fingerprint density at radius 3 is 1.82 bits per heavy atom. The molecule has 1 aliphatic rings. The average molecular weight is 159 g/mol. The van der Waals surface area contributed by atoms with E-state index < -0.39 is 0 Å². The molecule has 2 N–H and O–H groups in total. The molecule has 0 spiro atoms. The molecule has 1 saturated heterocycles. The summed E-state index contributed by atoms with van der Waals surface area (Å²) in [6.45, 7) is 6.64. The zero-order valence-electron chi connectivity index (χ0n) is 8.43. The Morgan fingerprint density at radius 2 is 1.55 bits per heavy atom. The summed E-state index contributed by atoms with van der Waals surface area (Å²) in [4.78, 5) is 2.34. The number of nitrogens with two attached hydrogens (primary N) is 1. The first-order chi connectivity index (χ1) is 5.30. The van der Waals surface area contributed by atoms with Crippen molar-refractivity contribution in [1.29, 1.82) is 0 Å². The summed E-state index contributed by atoms with van der Waals surface area (Å²) in [7, 11) is 4.35. The fraction of sp³-hybridized carbons (Fsp3) is 1.00. The minimum absolute atomic E-state index is 0.856. The quantitative estimate of drug-likeness (QED) is 0.583. The van der Waals surface area contributed by atoms with Gasteiger partial charge < -0.3 is 10.2 Å². The van der Waals surface area contributed by atoms with Gasteiger partial charge >= 0.3 is 0 Å². The highest BCUT2D eigenvalue weighted by molar-refractivity contribution is 4.66. The van der Waals surface area contributed by atoms with Crippen LogP contribution in [0.25, 0.3) is 0 Å². The van der Waals surface area contributed by atoms with E-state index in [1.165, 1.54) is 25.9 Å². The predicted octanol–water partition coefficient (Wildman–Crippen LogP) is 0.300. The van der Waals surface area contributed by atoms with Gasteiger partial charge in [-0.15, -0.1) is 0 Å². The molecule has 0 aromatic rings. The van der Waals surface area contributed by atoms with Gasteiger partial charge in [-0.2, -0.15) is 0 Å². The third-order valence-electron chi connectivity index (χ3n) is 2.14. The van der Waals surface area contributed by atoms with Gasteiger partial charge in [-0.1, -0.05) is 13.8 Å². The first-order valence-corrected chi connectivity index (χ1v) is 4.79. The van der Waals surface area contributed by atoms with Crippen molar-refractivity contribution in [2.75, 3.05) is 27.2 Å². The van der Waals surface area contributed by atoms with Crippen LogP contribution in [0.2, 0.25) is 0 Å². The highest BCUT2D eigenvalue weighted by atomic mass is 15.1. The van der Waals surface area contributed by atoms with E-state index in [1.807, 2.05) is 13.8 Å². The average Bonchev–Trinajstić information content (AvgIpc) is 2.10. The Morgan fingerprint density at radius 1 is 1.09 bits per heavy atom. The fourth-order valence-corrected chi connectivity index (χ4v) is 1.43. The fourth-order valence-electron chi connectivity index (χ4n) is 1.43. The van der Waals surface area contributed by atoms with Crippen LogP contribution in [0.4, 0.5) is 0 Å². The molecule has 0 bridgehead atoms. The first-order valence-electron chi connectivity index (χ1n) is 4.79. The molecule has 1 rings (SSSR count). The molecular formula is C9H23N2+. The van der Waals surface area contributed by atoms with E-state index in [2.05, 4.69) is 24.3 Å². The molecule has 1 heterocycles. The van der Waals surface area contributed by atoms with Crippen molar-refractivity contribution in [2.24, 2.45) is 0 Å². The van der Waals surface area contributed by atoms with E-state index >= 15 is 0 Å². The molecule has 2 nitrogen and oxygen atoms in total. The maximum atomic E-state index is 2.40. The van der Waals surface area contributed by atoms with Gasteiger partial charge in [-0.3, -0.25) is 0 Å². The van der Waals surface area contributed by atoms with Gasteiger partial charge in [0.05, 0.1) is 13.1 Å². The molecule has 1 fully saturated rings. The van der Waals surface area contributed by atoms with Gasteiger partial charge in [0.15, 0.2) is 0 Å².